The summed E-state index contributed by atoms with van der Waals surface area (Å²) < 4.78 is 40.6. The molecule has 144 valence electrons. The highest BCUT2D eigenvalue weighted by atomic mass is 32.2. The topological polar surface area (TPSA) is 70.6 Å². The van der Waals surface area contributed by atoms with Crippen LogP contribution in [-0.4, -0.2) is 54.7 Å². The van der Waals surface area contributed by atoms with Crippen molar-refractivity contribution in [2.24, 2.45) is 0 Å². The molecule has 0 saturated carbocycles. The molecule has 28 heavy (non-hydrogen) atoms. The molecule has 0 radical (unpaired) electrons. The van der Waals surface area contributed by atoms with Crippen LogP contribution in [-0.2, 0) is 10.0 Å². The Balaban J connectivity index is 1.53. The molecule has 0 bridgehead atoms. The number of benzene rings is 2. The molecular weight excluding hydrogens is 381 g/mol. The molecule has 2 aromatic carbocycles. The minimum Gasteiger partial charge on any atom is -0.336 e. The minimum atomic E-state index is -3.93. The highest BCUT2D eigenvalue weighted by Gasteiger charge is 2.32. The van der Waals surface area contributed by atoms with Crippen LogP contribution in [0.2, 0.25) is 0 Å². The third kappa shape index (κ3) is 3.25. The van der Waals surface area contributed by atoms with E-state index >= 15 is 0 Å². The molecule has 0 spiro atoms. The lowest BCUT2D eigenvalue weighted by Gasteiger charge is -2.34. The number of carbonyl (C=O) groups excluding carboxylic acids is 1. The number of sulfonamides is 1. The number of amides is 1. The number of hydrogen-bond donors (Lipinski definition) is 0. The molecule has 3 aromatic rings. The fourth-order valence-corrected chi connectivity index (χ4v) is 4.86. The normalized spacial score (nSPS) is 15.7. The van der Waals surface area contributed by atoms with E-state index in [-0.39, 0.29) is 37.0 Å². The molecule has 0 N–H and O–H groups in total. The van der Waals surface area contributed by atoms with Gasteiger partial charge in [-0.2, -0.15) is 4.31 Å². The van der Waals surface area contributed by atoms with Crippen molar-refractivity contribution in [3.63, 3.8) is 0 Å². The summed E-state index contributed by atoms with van der Waals surface area (Å²) >= 11 is 0. The zero-order chi connectivity index (χ0) is 19.7. The summed E-state index contributed by atoms with van der Waals surface area (Å²) in [6.07, 6.45) is 1.59. The Kier molecular flexibility index (Phi) is 4.82. The number of halogens is 1. The van der Waals surface area contributed by atoms with E-state index in [0.29, 0.717) is 5.56 Å². The largest absolute Gasteiger partial charge is 0.336 e. The van der Waals surface area contributed by atoms with Crippen molar-refractivity contribution in [2.75, 3.05) is 26.2 Å². The van der Waals surface area contributed by atoms with Gasteiger partial charge in [0.2, 0.25) is 10.0 Å². The molecular formula is C20H18FN3O3S. The lowest BCUT2D eigenvalue weighted by atomic mass is 10.1. The maximum Gasteiger partial charge on any atom is 0.254 e. The predicted octanol–water partition coefficient (Wildman–Crippen LogP) is 2.52. The minimum absolute atomic E-state index is 0.116. The Morgan fingerprint density at radius 1 is 0.929 bits per heavy atom. The first-order valence-electron chi connectivity index (χ1n) is 8.86. The summed E-state index contributed by atoms with van der Waals surface area (Å²) in [5.41, 5.74) is 1.27. The van der Waals surface area contributed by atoms with Crippen LogP contribution in [0.1, 0.15) is 10.4 Å². The van der Waals surface area contributed by atoms with E-state index in [1.165, 1.54) is 22.5 Å². The van der Waals surface area contributed by atoms with Crippen molar-refractivity contribution in [3.05, 3.63) is 72.2 Å². The molecule has 2 heterocycles. The third-order valence-electron chi connectivity index (χ3n) is 4.86. The summed E-state index contributed by atoms with van der Waals surface area (Å²) in [5.74, 6) is -0.939. The van der Waals surface area contributed by atoms with Gasteiger partial charge in [0.25, 0.3) is 5.91 Å². The van der Waals surface area contributed by atoms with E-state index in [1.807, 2.05) is 24.3 Å². The maximum atomic E-state index is 13.9. The Bertz CT molecular complexity index is 1140. The average Bonchev–Trinajstić information content (AvgIpc) is 2.73. The van der Waals surface area contributed by atoms with Crippen molar-refractivity contribution in [2.45, 2.75) is 4.90 Å². The predicted molar refractivity (Wildman–Crippen MR) is 103 cm³/mol. The van der Waals surface area contributed by atoms with Crippen LogP contribution >= 0.6 is 0 Å². The van der Waals surface area contributed by atoms with Gasteiger partial charge in [0.15, 0.2) is 0 Å². The molecule has 1 amide bonds. The number of hydrogen-bond acceptors (Lipinski definition) is 4. The summed E-state index contributed by atoms with van der Waals surface area (Å²) in [7, 11) is -3.93. The van der Waals surface area contributed by atoms with Crippen molar-refractivity contribution < 1.29 is 17.6 Å². The molecule has 6 nitrogen and oxygen atoms in total. The number of aromatic nitrogens is 1. The van der Waals surface area contributed by atoms with Crippen LogP contribution in [0, 0.1) is 5.82 Å². The highest BCUT2D eigenvalue weighted by molar-refractivity contribution is 7.89. The Morgan fingerprint density at radius 3 is 2.36 bits per heavy atom. The van der Waals surface area contributed by atoms with Gasteiger partial charge >= 0.3 is 0 Å². The molecule has 0 atom stereocenters. The lowest BCUT2D eigenvalue weighted by Crippen LogP contribution is -2.50. The second kappa shape index (κ2) is 7.29. The second-order valence-corrected chi connectivity index (χ2v) is 8.41. The second-order valence-electron chi connectivity index (χ2n) is 6.50. The van der Waals surface area contributed by atoms with Gasteiger partial charge in [0.05, 0.1) is 11.1 Å². The number of rotatable bonds is 3. The van der Waals surface area contributed by atoms with Crippen LogP contribution in [0.4, 0.5) is 4.39 Å². The number of para-hydroxylation sites is 1. The molecule has 1 aromatic heterocycles. The fourth-order valence-electron chi connectivity index (χ4n) is 3.38. The van der Waals surface area contributed by atoms with E-state index in [9.17, 15) is 17.6 Å². The number of pyridine rings is 1. The van der Waals surface area contributed by atoms with Gasteiger partial charge in [0, 0.05) is 37.8 Å². The molecule has 1 aliphatic rings. The third-order valence-corrected chi connectivity index (χ3v) is 6.79. The summed E-state index contributed by atoms with van der Waals surface area (Å²) in [6.45, 7) is 0.711. The lowest BCUT2D eigenvalue weighted by molar-refractivity contribution is 0.0699. The zero-order valence-corrected chi connectivity index (χ0v) is 15.8. The quantitative estimate of drug-likeness (QED) is 0.679. The smallest absolute Gasteiger partial charge is 0.254 e. The highest BCUT2D eigenvalue weighted by Crippen LogP contribution is 2.22. The van der Waals surface area contributed by atoms with Crippen LogP contribution in [0.5, 0.6) is 0 Å². The monoisotopic (exact) mass is 399 g/mol. The number of piperazine rings is 1. The van der Waals surface area contributed by atoms with E-state index < -0.39 is 15.8 Å². The van der Waals surface area contributed by atoms with Crippen LogP contribution in [0.3, 0.4) is 0 Å². The average molecular weight is 399 g/mol. The van der Waals surface area contributed by atoms with Crippen LogP contribution in [0.15, 0.2) is 65.7 Å². The molecule has 0 aliphatic carbocycles. The van der Waals surface area contributed by atoms with E-state index in [2.05, 4.69) is 4.98 Å². The van der Waals surface area contributed by atoms with Crippen molar-refractivity contribution >= 4 is 26.8 Å². The Labute approximate surface area is 162 Å². The first kappa shape index (κ1) is 18.5. The van der Waals surface area contributed by atoms with Gasteiger partial charge in [-0.25, -0.2) is 12.8 Å². The van der Waals surface area contributed by atoms with Crippen molar-refractivity contribution in [3.8, 4) is 0 Å². The van der Waals surface area contributed by atoms with Gasteiger partial charge in [-0.1, -0.05) is 30.3 Å². The van der Waals surface area contributed by atoms with E-state index in [4.69, 9.17) is 0 Å². The summed E-state index contributed by atoms with van der Waals surface area (Å²) in [4.78, 5) is 18.5. The van der Waals surface area contributed by atoms with Gasteiger partial charge < -0.3 is 4.90 Å². The maximum absolute atomic E-state index is 13.9. The van der Waals surface area contributed by atoms with Crippen LogP contribution < -0.4 is 0 Å². The molecule has 8 heteroatoms. The van der Waals surface area contributed by atoms with Gasteiger partial charge in [-0.3, -0.25) is 9.78 Å². The van der Waals surface area contributed by atoms with Gasteiger partial charge in [-0.15, -0.1) is 0 Å². The zero-order valence-electron chi connectivity index (χ0n) is 15.0. The standard InChI is InChI=1S/C20H18FN3O3S/c21-17-6-2-4-8-19(17)28(26,27)24-13-11-23(12-14-24)20(25)16-9-10-22-18-7-3-1-5-15(16)18/h1-10H,11-14H2. The Morgan fingerprint density at radius 2 is 1.61 bits per heavy atom. The van der Waals surface area contributed by atoms with Crippen molar-refractivity contribution in [1.82, 2.24) is 14.2 Å². The van der Waals surface area contributed by atoms with Crippen LogP contribution in [0.25, 0.3) is 10.9 Å². The first-order chi connectivity index (χ1) is 13.5. The molecule has 4 rings (SSSR count). The van der Waals surface area contributed by atoms with Gasteiger partial charge in [0.1, 0.15) is 10.7 Å². The Hall–Kier alpha value is -2.84. The van der Waals surface area contributed by atoms with E-state index in [1.54, 1.807) is 17.2 Å². The first-order valence-corrected chi connectivity index (χ1v) is 10.3. The number of fused-ring (bicyclic) bond motifs is 1. The molecule has 0 unspecified atom stereocenters. The molecule has 1 saturated heterocycles. The van der Waals surface area contributed by atoms with E-state index in [0.717, 1.165) is 17.0 Å². The molecule has 1 fully saturated rings. The number of nitrogens with zero attached hydrogens (tertiary/aromatic N) is 3. The fraction of sp³-hybridized carbons (Fsp3) is 0.200. The summed E-state index contributed by atoms with van der Waals surface area (Å²) in [6, 6.07) is 14.4. The number of carbonyl (C=O) groups is 1. The summed E-state index contributed by atoms with van der Waals surface area (Å²) in [5, 5.41) is 0.761. The SMILES string of the molecule is O=C(c1ccnc2ccccc12)N1CCN(S(=O)(=O)c2ccccc2F)CC1. The molecule has 1 aliphatic heterocycles. The van der Waals surface area contributed by atoms with Crippen molar-refractivity contribution in [1.29, 1.82) is 0 Å². The van der Waals surface area contributed by atoms with Gasteiger partial charge in [-0.05, 0) is 24.3 Å².